The molecule has 0 radical (unpaired) electrons. The molecule has 8 heteroatoms. The Kier molecular flexibility index (Phi) is 3.47. The Morgan fingerprint density at radius 3 is 2.96 bits per heavy atom. The van der Waals surface area contributed by atoms with E-state index >= 15 is 0 Å². The molecule has 3 aromatic heterocycles. The number of hydrogen-bond donors (Lipinski definition) is 1. The third kappa shape index (κ3) is 2.66. The predicted octanol–water partition coefficient (Wildman–Crippen LogP) is 3.38. The molecule has 0 unspecified atom stereocenters. The quantitative estimate of drug-likeness (QED) is 0.785. The van der Waals surface area contributed by atoms with Crippen molar-refractivity contribution >= 4 is 34.7 Å². The third-order valence-electron chi connectivity index (χ3n) is 3.34. The van der Waals surface area contributed by atoms with Gasteiger partial charge in [0.2, 0.25) is 0 Å². The van der Waals surface area contributed by atoms with Crippen LogP contribution in [0.3, 0.4) is 0 Å². The summed E-state index contributed by atoms with van der Waals surface area (Å²) in [7, 11) is 0. The average molecular weight is 342 g/mol. The van der Waals surface area contributed by atoms with E-state index in [4.69, 9.17) is 5.11 Å². The van der Waals surface area contributed by atoms with Crippen molar-refractivity contribution in [2.75, 3.05) is 0 Å². The zero-order chi connectivity index (χ0) is 15.8. The van der Waals surface area contributed by atoms with E-state index in [1.54, 1.807) is 11.3 Å². The lowest BCUT2D eigenvalue weighted by Crippen LogP contribution is -2.02. The van der Waals surface area contributed by atoms with E-state index in [1.807, 2.05) is 5.38 Å². The van der Waals surface area contributed by atoms with E-state index in [9.17, 15) is 4.79 Å². The summed E-state index contributed by atoms with van der Waals surface area (Å²) < 4.78 is 0. The van der Waals surface area contributed by atoms with Crippen LogP contribution in [0.15, 0.2) is 23.7 Å². The Bertz CT molecular complexity index is 929. The standard InChI is InChI=1S/C15H10N4O2S2/c20-15(21)9-5-6-16-12(17-9)10-7-22-13(19-10)14-18-8-3-1-2-4-11(8)23-14/h2,4-7H,1,3H2,(H,20,21). The van der Waals surface area contributed by atoms with Crippen LogP contribution in [0.1, 0.15) is 27.5 Å². The van der Waals surface area contributed by atoms with Crippen LogP contribution in [0.25, 0.3) is 27.6 Å². The van der Waals surface area contributed by atoms with Gasteiger partial charge in [-0.2, -0.15) is 0 Å². The van der Waals surface area contributed by atoms with Crippen LogP contribution in [-0.4, -0.2) is 31.0 Å². The smallest absolute Gasteiger partial charge is 0.354 e. The number of rotatable bonds is 3. The van der Waals surface area contributed by atoms with Crippen LogP contribution in [-0.2, 0) is 6.42 Å². The normalized spacial score (nSPS) is 13.0. The van der Waals surface area contributed by atoms with Gasteiger partial charge in [-0.15, -0.1) is 22.7 Å². The summed E-state index contributed by atoms with van der Waals surface area (Å²) >= 11 is 3.08. The number of nitrogens with zero attached hydrogens (tertiary/aromatic N) is 4. The van der Waals surface area contributed by atoms with Gasteiger partial charge in [0.25, 0.3) is 0 Å². The zero-order valence-electron chi connectivity index (χ0n) is 11.8. The average Bonchev–Trinajstić information content (AvgIpc) is 3.21. The molecular weight excluding hydrogens is 332 g/mol. The molecule has 114 valence electrons. The monoisotopic (exact) mass is 342 g/mol. The molecule has 1 N–H and O–H groups in total. The van der Waals surface area contributed by atoms with Crippen LogP contribution in [0.2, 0.25) is 0 Å². The SMILES string of the molecule is O=C(O)c1ccnc(-c2csc(-c3nc4c(s3)C=CCC4)n2)n1. The van der Waals surface area contributed by atoms with Crippen molar-refractivity contribution in [2.45, 2.75) is 12.8 Å². The first-order valence-corrected chi connectivity index (χ1v) is 8.59. The van der Waals surface area contributed by atoms with E-state index in [1.165, 1.54) is 28.5 Å². The minimum atomic E-state index is -1.08. The van der Waals surface area contributed by atoms with Crippen LogP contribution < -0.4 is 0 Å². The van der Waals surface area contributed by atoms with Crippen molar-refractivity contribution in [3.63, 3.8) is 0 Å². The van der Waals surface area contributed by atoms with E-state index in [2.05, 4.69) is 32.1 Å². The highest BCUT2D eigenvalue weighted by atomic mass is 32.1. The van der Waals surface area contributed by atoms with Crippen LogP contribution in [0, 0.1) is 0 Å². The van der Waals surface area contributed by atoms with Gasteiger partial charge in [-0.25, -0.2) is 24.7 Å². The van der Waals surface area contributed by atoms with Gasteiger partial charge in [0.05, 0.1) is 10.6 Å². The largest absolute Gasteiger partial charge is 0.477 e. The molecule has 6 nitrogen and oxygen atoms in total. The number of carboxylic acids is 1. The highest BCUT2D eigenvalue weighted by molar-refractivity contribution is 7.21. The lowest BCUT2D eigenvalue weighted by Gasteiger charge is -1.99. The Labute approximate surface area is 139 Å². The fraction of sp³-hybridized carbons (Fsp3) is 0.133. The summed E-state index contributed by atoms with van der Waals surface area (Å²) in [5, 5.41) is 12.5. The molecular formula is C15H10N4O2S2. The molecule has 1 aliphatic carbocycles. The Hall–Kier alpha value is -2.45. The molecule has 0 saturated heterocycles. The summed E-state index contributed by atoms with van der Waals surface area (Å²) in [4.78, 5) is 29.5. The van der Waals surface area contributed by atoms with E-state index in [-0.39, 0.29) is 5.69 Å². The molecule has 0 aliphatic heterocycles. The maximum absolute atomic E-state index is 11.0. The van der Waals surface area contributed by atoms with Gasteiger partial charge in [0.1, 0.15) is 5.69 Å². The van der Waals surface area contributed by atoms with Crippen LogP contribution in [0.4, 0.5) is 0 Å². The van der Waals surface area contributed by atoms with E-state index in [0.29, 0.717) is 11.5 Å². The minimum absolute atomic E-state index is 0.0422. The molecule has 1 aliphatic rings. The molecule has 0 spiro atoms. The van der Waals surface area contributed by atoms with Gasteiger partial charge in [-0.3, -0.25) is 0 Å². The van der Waals surface area contributed by atoms with Crippen molar-refractivity contribution in [3.8, 4) is 21.5 Å². The fourth-order valence-corrected chi connectivity index (χ4v) is 4.13. The fourth-order valence-electron chi connectivity index (χ4n) is 2.25. The number of allylic oxidation sites excluding steroid dienone is 1. The third-order valence-corrected chi connectivity index (χ3v) is 5.38. The molecule has 3 aromatic rings. The molecule has 0 saturated carbocycles. The second kappa shape index (κ2) is 5.64. The van der Waals surface area contributed by atoms with Gasteiger partial charge < -0.3 is 5.11 Å². The first-order valence-electron chi connectivity index (χ1n) is 6.89. The molecule has 23 heavy (non-hydrogen) atoms. The molecule has 0 amide bonds. The molecule has 0 bridgehead atoms. The Morgan fingerprint density at radius 2 is 2.13 bits per heavy atom. The highest BCUT2D eigenvalue weighted by Gasteiger charge is 2.17. The topological polar surface area (TPSA) is 88.9 Å². The van der Waals surface area contributed by atoms with Crippen molar-refractivity contribution < 1.29 is 9.90 Å². The number of carbonyl (C=O) groups is 1. The molecule has 0 aromatic carbocycles. The van der Waals surface area contributed by atoms with Crippen molar-refractivity contribution in [2.24, 2.45) is 0 Å². The molecule has 0 atom stereocenters. The second-order valence-corrected chi connectivity index (χ2v) is 6.77. The number of aromatic nitrogens is 4. The Balaban J connectivity index is 1.69. The number of fused-ring (bicyclic) bond motifs is 1. The summed E-state index contributed by atoms with van der Waals surface area (Å²) in [5.74, 6) is -0.767. The highest BCUT2D eigenvalue weighted by Crippen LogP contribution is 2.34. The number of aromatic carboxylic acids is 1. The van der Waals surface area contributed by atoms with Crippen LogP contribution >= 0.6 is 22.7 Å². The van der Waals surface area contributed by atoms with Gasteiger partial charge >= 0.3 is 5.97 Å². The molecule has 0 fully saturated rings. The minimum Gasteiger partial charge on any atom is -0.477 e. The maximum atomic E-state index is 11.0. The summed E-state index contributed by atoms with van der Waals surface area (Å²) in [5.41, 5.74) is 1.64. The van der Waals surface area contributed by atoms with Crippen molar-refractivity contribution in [1.29, 1.82) is 0 Å². The molecule has 3 heterocycles. The van der Waals surface area contributed by atoms with Gasteiger partial charge in [0.15, 0.2) is 21.5 Å². The first kappa shape index (κ1) is 14.2. The lowest BCUT2D eigenvalue weighted by atomic mass is 10.1. The van der Waals surface area contributed by atoms with Gasteiger partial charge in [-0.05, 0) is 25.0 Å². The number of hydrogen-bond acceptors (Lipinski definition) is 7. The zero-order valence-corrected chi connectivity index (χ0v) is 13.4. The van der Waals surface area contributed by atoms with Crippen molar-refractivity contribution in [1.82, 2.24) is 19.9 Å². The second-order valence-electron chi connectivity index (χ2n) is 4.88. The van der Waals surface area contributed by atoms with Crippen LogP contribution in [0.5, 0.6) is 0 Å². The number of aryl methyl sites for hydroxylation is 1. The van der Waals surface area contributed by atoms with E-state index < -0.39 is 5.97 Å². The van der Waals surface area contributed by atoms with Gasteiger partial charge in [-0.1, -0.05) is 6.08 Å². The summed E-state index contributed by atoms with van der Waals surface area (Å²) in [6, 6.07) is 1.36. The summed E-state index contributed by atoms with van der Waals surface area (Å²) in [6.07, 6.45) is 7.67. The number of thiazole rings is 2. The first-order chi connectivity index (χ1) is 11.2. The van der Waals surface area contributed by atoms with E-state index in [0.717, 1.165) is 28.6 Å². The lowest BCUT2D eigenvalue weighted by molar-refractivity contribution is 0.0690. The Morgan fingerprint density at radius 1 is 1.22 bits per heavy atom. The predicted molar refractivity (Wildman–Crippen MR) is 88.6 cm³/mol. The molecule has 4 rings (SSSR count). The maximum Gasteiger partial charge on any atom is 0.354 e. The van der Waals surface area contributed by atoms with Crippen molar-refractivity contribution in [3.05, 3.63) is 40.0 Å². The van der Waals surface area contributed by atoms with Gasteiger partial charge in [0, 0.05) is 11.6 Å². The summed E-state index contributed by atoms with van der Waals surface area (Å²) in [6.45, 7) is 0. The number of carboxylic acid groups (broad SMARTS) is 1.